The van der Waals surface area contributed by atoms with E-state index in [1.54, 1.807) is 23.1 Å². The van der Waals surface area contributed by atoms with Crippen molar-refractivity contribution in [2.24, 2.45) is 5.92 Å². The highest BCUT2D eigenvalue weighted by atomic mass is 19.1. The molecule has 2 aromatic rings. The standard InChI is InChI=1S/C17H18F2N4O2/c1-11(9-22-6-2-5-20-22)21-17(25)12-7-16(24)23(10-12)15-4-3-13(18)8-14(15)19/h2-6,8,11-12H,7,9-10H2,1H3,(H,21,25)/t11-,12-/m0/s1. The fourth-order valence-corrected chi connectivity index (χ4v) is 2.91. The van der Waals surface area contributed by atoms with E-state index in [9.17, 15) is 18.4 Å². The van der Waals surface area contributed by atoms with E-state index in [2.05, 4.69) is 10.4 Å². The Balaban J connectivity index is 1.62. The van der Waals surface area contributed by atoms with Crippen molar-refractivity contribution in [2.45, 2.75) is 25.9 Å². The maximum Gasteiger partial charge on any atom is 0.227 e. The number of nitrogens with zero attached hydrogens (tertiary/aromatic N) is 3. The van der Waals surface area contributed by atoms with Crippen LogP contribution in [-0.4, -0.2) is 34.2 Å². The molecule has 0 bridgehead atoms. The highest BCUT2D eigenvalue weighted by Gasteiger charge is 2.36. The van der Waals surface area contributed by atoms with Crippen molar-refractivity contribution in [1.82, 2.24) is 15.1 Å². The predicted octanol–water partition coefficient (Wildman–Crippen LogP) is 1.72. The first-order valence-electron chi connectivity index (χ1n) is 7.97. The molecule has 2 heterocycles. The van der Waals surface area contributed by atoms with Crippen LogP contribution in [0.2, 0.25) is 0 Å². The lowest BCUT2D eigenvalue weighted by Crippen LogP contribution is -2.40. The van der Waals surface area contributed by atoms with Crippen molar-refractivity contribution in [1.29, 1.82) is 0 Å². The third-order valence-corrected chi connectivity index (χ3v) is 4.11. The van der Waals surface area contributed by atoms with Gasteiger partial charge in [-0.15, -0.1) is 0 Å². The quantitative estimate of drug-likeness (QED) is 0.895. The minimum Gasteiger partial charge on any atom is -0.351 e. The molecule has 6 nitrogen and oxygen atoms in total. The molecule has 0 aliphatic carbocycles. The molecule has 0 unspecified atom stereocenters. The van der Waals surface area contributed by atoms with Crippen LogP contribution in [0.4, 0.5) is 14.5 Å². The Hall–Kier alpha value is -2.77. The number of halogens is 2. The van der Waals surface area contributed by atoms with E-state index < -0.39 is 17.6 Å². The molecule has 1 aliphatic heterocycles. The molecule has 25 heavy (non-hydrogen) atoms. The molecule has 1 fully saturated rings. The van der Waals surface area contributed by atoms with Crippen molar-refractivity contribution in [3.8, 4) is 0 Å². The summed E-state index contributed by atoms with van der Waals surface area (Å²) in [6, 6.07) is 4.65. The van der Waals surface area contributed by atoms with E-state index >= 15 is 0 Å². The fourth-order valence-electron chi connectivity index (χ4n) is 2.91. The predicted molar refractivity (Wildman–Crippen MR) is 86.6 cm³/mol. The van der Waals surface area contributed by atoms with Gasteiger partial charge in [0, 0.05) is 37.5 Å². The Kier molecular flexibility index (Phi) is 4.78. The third-order valence-electron chi connectivity index (χ3n) is 4.11. The van der Waals surface area contributed by atoms with Crippen LogP contribution in [0.15, 0.2) is 36.7 Å². The topological polar surface area (TPSA) is 67.2 Å². The van der Waals surface area contributed by atoms with Crippen molar-refractivity contribution in [3.63, 3.8) is 0 Å². The Labute approximate surface area is 143 Å². The second-order valence-electron chi connectivity index (χ2n) is 6.14. The lowest BCUT2D eigenvalue weighted by atomic mass is 10.1. The number of nitrogens with one attached hydrogen (secondary N) is 1. The average molecular weight is 348 g/mol. The number of rotatable bonds is 5. The summed E-state index contributed by atoms with van der Waals surface area (Å²) in [6.45, 7) is 2.42. The van der Waals surface area contributed by atoms with Crippen molar-refractivity contribution in [3.05, 3.63) is 48.3 Å². The molecule has 8 heteroatoms. The molecule has 0 saturated carbocycles. The number of carbonyl (C=O) groups is 2. The van der Waals surface area contributed by atoms with Gasteiger partial charge < -0.3 is 10.2 Å². The van der Waals surface area contributed by atoms with Gasteiger partial charge in [-0.2, -0.15) is 5.10 Å². The second kappa shape index (κ2) is 7.00. The SMILES string of the molecule is C[C@@H](Cn1cccn1)NC(=O)[C@H]1CC(=O)N(c2ccc(F)cc2F)C1. The Morgan fingerprint density at radius 1 is 1.44 bits per heavy atom. The molecule has 1 N–H and O–H groups in total. The molecule has 132 valence electrons. The summed E-state index contributed by atoms with van der Waals surface area (Å²) < 4.78 is 28.6. The molecule has 1 aromatic heterocycles. The zero-order chi connectivity index (χ0) is 18.0. The number of amides is 2. The first kappa shape index (κ1) is 17.1. The van der Waals surface area contributed by atoms with Crippen LogP contribution in [0.5, 0.6) is 0 Å². The van der Waals surface area contributed by atoms with Crippen molar-refractivity contribution >= 4 is 17.5 Å². The molecule has 0 radical (unpaired) electrons. The zero-order valence-electron chi connectivity index (χ0n) is 13.7. The van der Waals surface area contributed by atoms with Crippen LogP contribution in [0.1, 0.15) is 13.3 Å². The third kappa shape index (κ3) is 3.84. The molecule has 0 spiro atoms. The smallest absolute Gasteiger partial charge is 0.227 e. The van der Waals surface area contributed by atoms with Gasteiger partial charge in [0.1, 0.15) is 11.6 Å². The minimum atomic E-state index is -0.818. The Morgan fingerprint density at radius 3 is 2.92 bits per heavy atom. The van der Waals surface area contributed by atoms with Crippen LogP contribution >= 0.6 is 0 Å². The molecular weight excluding hydrogens is 330 g/mol. The van der Waals surface area contributed by atoms with Crippen LogP contribution in [0.25, 0.3) is 0 Å². The van der Waals surface area contributed by atoms with E-state index in [0.717, 1.165) is 12.1 Å². The Morgan fingerprint density at radius 2 is 2.24 bits per heavy atom. The summed E-state index contributed by atoms with van der Waals surface area (Å²) in [6.07, 6.45) is 3.44. The first-order chi connectivity index (χ1) is 11.9. The highest BCUT2D eigenvalue weighted by molar-refractivity contribution is 6.00. The van der Waals surface area contributed by atoms with Crippen molar-refractivity contribution < 1.29 is 18.4 Å². The summed E-state index contributed by atoms with van der Waals surface area (Å²) in [5, 5.41) is 6.92. The molecule has 1 saturated heterocycles. The first-order valence-corrected chi connectivity index (χ1v) is 7.97. The number of aromatic nitrogens is 2. The van der Waals surface area contributed by atoms with Gasteiger partial charge in [0.15, 0.2) is 0 Å². The summed E-state index contributed by atoms with van der Waals surface area (Å²) in [4.78, 5) is 25.7. The molecule has 1 aromatic carbocycles. The number of carbonyl (C=O) groups excluding carboxylic acids is 2. The van der Waals surface area contributed by atoms with Crippen LogP contribution in [0, 0.1) is 17.6 Å². The second-order valence-corrected chi connectivity index (χ2v) is 6.14. The van der Waals surface area contributed by atoms with Crippen molar-refractivity contribution in [2.75, 3.05) is 11.4 Å². The van der Waals surface area contributed by atoms with Gasteiger partial charge in [-0.1, -0.05) is 0 Å². The Bertz CT molecular complexity index is 779. The molecular formula is C17H18F2N4O2. The maximum atomic E-state index is 13.9. The summed E-state index contributed by atoms with van der Waals surface area (Å²) >= 11 is 0. The number of hydrogen-bond donors (Lipinski definition) is 1. The van der Waals surface area contributed by atoms with E-state index in [0.29, 0.717) is 6.54 Å². The normalized spacial score (nSPS) is 18.4. The monoisotopic (exact) mass is 348 g/mol. The van der Waals surface area contributed by atoms with Crippen LogP contribution in [0.3, 0.4) is 0 Å². The van der Waals surface area contributed by atoms with E-state index in [1.807, 2.05) is 6.92 Å². The van der Waals surface area contributed by atoms with Gasteiger partial charge >= 0.3 is 0 Å². The summed E-state index contributed by atoms with van der Waals surface area (Å²) in [7, 11) is 0. The lowest BCUT2D eigenvalue weighted by Gasteiger charge is -2.19. The minimum absolute atomic E-state index is 0.00284. The van der Waals surface area contributed by atoms with Gasteiger partial charge in [0.25, 0.3) is 0 Å². The van der Waals surface area contributed by atoms with Gasteiger partial charge in [-0.25, -0.2) is 8.78 Å². The molecule has 2 atom stereocenters. The van der Waals surface area contributed by atoms with Gasteiger partial charge in [-0.05, 0) is 25.1 Å². The van der Waals surface area contributed by atoms with Crippen LogP contribution in [-0.2, 0) is 16.1 Å². The van der Waals surface area contributed by atoms with Gasteiger partial charge in [-0.3, -0.25) is 14.3 Å². The van der Waals surface area contributed by atoms with Gasteiger partial charge in [0.05, 0.1) is 18.2 Å². The zero-order valence-corrected chi connectivity index (χ0v) is 13.7. The van der Waals surface area contributed by atoms with E-state index in [-0.39, 0.29) is 36.5 Å². The summed E-state index contributed by atoms with van der Waals surface area (Å²) in [5.74, 6) is -2.73. The van der Waals surface area contributed by atoms with E-state index in [4.69, 9.17) is 0 Å². The lowest BCUT2D eigenvalue weighted by molar-refractivity contribution is -0.126. The highest BCUT2D eigenvalue weighted by Crippen LogP contribution is 2.28. The van der Waals surface area contributed by atoms with E-state index in [1.165, 1.54) is 11.0 Å². The number of hydrogen-bond acceptors (Lipinski definition) is 3. The fraction of sp³-hybridized carbons (Fsp3) is 0.353. The number of benzene rings is 1. The molecule has 2 amide bonds. The van der Waals surface area contributed by atoms with Gasteiger partial charge in [0.2, 0.25) is 11.8 Å². The molecule has 3 rings (SSSR count). The van der Waals surface area contributed by atoms with Crippen LogP contribution < -0.4 is 10.2 Å². The number of anilines is 1. The average Bonchev–Trinajstić information content (AvgIpc) is 3.17. The summed E-state index contributed by atoms with van der Waals surface area (Å²) in [5.41, 5.74) is -0.00807. The maximum absolute atomic E-state index is 13.9. The largest absolute Gasteiger partial charge is 0.351 e. The molecule has 1 aliphatic rings.